The van der Waals surface area contributed by atoms with Crippen LogP contribution in [0.4, 0.5) is 4.39 Å². The quantitative estimate of drug-likeness (QED) is 0.350. The fraction of sp³-hybridized carbons (Fsp3) is 0.478. The number of benzene rings is 2. The van der Waals surface area contributed by atoms with Crippen LogP contribution < -0.4 is 10.5 Å². The molecule has 0 aliphatic heterocycles. The number of nitrogens with zero attached hydrogens (tertiary/aromatic N) is 1. The lowest BCUT2D eigenvalue weighted by molar-refractivity contribution is 0.0530. The summed E-state index contributed by atoms with van der Waals surface area (Å²) >= 11 is 5.98. The summed E-state index contributed by atoms with van der Waals surface area (Å²) in [5.74, 6) is -0.316. The average molecular weight is 516 g/mol. The standard InChI is InChI=1S/C23H31ClFN3O5S/c1-28(19-11-16-10-18(24)13-22(25)21(16)14-19)15-17-12-20(2-3-23(17)29)34(30,31)27-5-7-33-9-8-32-6-4-26/h2-3,10,12-13,19,27,29H,4-9,11,14-15,26H2,1H3/t19-/m1/s1. The normalized spacial score (nSPS) is 15.7. The van der Waals surface area contributed by atoms with Gasteiger partial charge in [0.2, 0.25) is 10.0 Å². The number of fused-ring (bicyclic) bond motifs is 1. The first kappa shape index (κ1) is 26.8. The van der Waals surface area contributed by atoms with Crippen molar-refractivity contribution in [2.24, 2.45) is 5.73 Å². The van der Waals surface area contributed by atoms with Crippen LogP contribution in [0.25, 0.3) is 0 Å². The number of aromatic hydroxyl groups is 1. The lowest BCUT2D eigenvalue weighted by atomic mass is 10.1. The van der Waals surface area contributed by atoms with Crippen LogP contribution in [0.2, 0.25) is 5.02 Å². The van der Waals surface area contributed by atoms with Crippen molar-refractivity contribution in [1.29, 1.82) is 0 Å². The third-order valence-corrected chi connectivity index (χ3v) is 7.40. The number of hydrogen-bond acceptors (Lipinski definition) is 7. The molecular formula is C23H31ClFN3O5S. The molecule has 8 nitrogen and oxygen atoms in total. The predicted molar refractivity (Wildman–Crippen MR) is 128 cm³/mol. The van der Waals surface area contributed by atoms with E-state index in [-0.39, 0.29) is 35.7 Å². The van der Waals surface area contributed by atoms with E-state index in [1.54, 1.807) is 6.07 Å². The molecule has 0 fully saturated rings. The van der Waals surface area contributed by atoms with Gasteiger partial charge < -0.3 is 20.3 Å². The first-order chi connectivity index (χ1) is 16.2. The van der Waals surface area contributed by atoms with Crippen LogP contribution in [0.5, 0.6) is 5.75 Å². The number of phenolic OH excluding ortho intramolecular Hbond substituents is 1. The molecule has 0 bridgehead atoms. The lowest BCUT2D eigenvalue weighted by Crippen LogP contribution is -2.32. The Kier molecular flexibility index (Phi) is 9.66. The summed E-state index contributed by atoms with van der Waals surface area (Å²) in [6.45, 7) is 2.23. The molecule has 0 amide bonds. The van der Waals surface area contributed by atoms with E-state index in [2.05, 4.69) is 4.72 Å². The van der Waals surface area contributed by atoms with E-state index in [1.165, 1.54) is 24.3 Å². The van der Waals surface area contributed by atoms with Gasteiger partial charge in [-0.15, -0.1) is 0 Å². The Labute approximate surface area is 204 Å². The molecule has 1 aliphatic carbocycles. The third-order valence-electron chi connectivity index (χ3n) is 5.72. The first-order valence-corrected chi connectivity index (χ1v) is 12.9. The minimum Gasteiger partial charge on any atom is -0.508 e. The summed E-state index contributed by atoms with van der Waals surface area (Å²) in [5, 5.41) is 10.7. The topological polar surface area (TPSA) is 114 Å². The summed E-state index contributed by atoms with van der Waals surface area (Å²) in [6, 6.07) is 7.27. The zero-order valence-corrected chi connectivity index (χ0v) is 20.7. The molecule has 4 N–H and O–H groups in total. The molecule has 0 heterocycles. The van der Waals surface area contributed by atoms with Gasteiger partial charge in [0.1, 0.15) is 11.6 Å². The summed E-state index contributed by atoms with van der Waals surface area (Å²) < 4.78 is 52.6. The van der Waals surface area contributed by atoms with E-state index in [4.69, 9.17) is 26.8 Å². The van der Waals surface area contributed by atoms with E-state index in [0.717, 1.165) is 5.56 Å². The molecule has 0 unspecified atom stereocenters. The second-order valence-electron chi connectivity index (χ2n) is 8.20. The molecule has 0 saturated heterocycles. The van der Waals surface area contributed by atoms with Crippen LogP contribution in [0.15, 0.2) is 35.2 Å². The molecule has 34 heavy (non-hydrogen) atoms. The van der Waals surface area contributed by atoms with Crippen LogP contribution >= 0.6 is 11.6 Å². The number of ether oxygens (including phenoxy) is 2. The molecule has 1 atom stereocenters. The highest BCUT2D eigenvalue weighted by molar-refractivity contribution is 7.89. The Balaban J connectivity index is 1.56. The number of phenols is 1. The van der Waals surface area contributed by atoms with E-state index in [9.17, 15) is 17.9 Å². The SMILES string of the molecule is CN(Cc1cc(S(=O)(=O)NCCOCCOCCN)ccc1O)[C@@H]1Cc2cc(Cl)cc(F)c2C1. The highest BCUT2D eigenvalue weighted by Gasteiger charge is 2.28. The second kappa shape index (κ2) is 12.3. The highest BCUT2D eigenvalue weighted by atomic mass is 35.5. The van der Waals surface area contributed by atoms with Gasteiger partial charge in [-0.1, -0.05) is 11.6 Å². The number of likely N-dealkylation sites (N-methyl/N-ethyl adjacent to an activating group) is 1. The van der Waals surface area contributed by atoms with Crippen LogP contribution in [0.3, 0.4) is 0 Å². The summed E-state index contributed by atoms with van der Waals surface area (Å²) in [6.07, 6.45) is 1.15. The maximum absolute atomic E-state index is 14.2. The van der Waals surface area contributed by atoms with Gasteiger partial charge in [0, 0.05) is 36.3 Å². The number of rotatable bonds is 13. The molecule has 0 saturated carbocycles. The molecule has 0 spiro atoms. The Morgan fingerprint density at radius 1 is 1.18 bits per heavy atom. The van der Waals surface area contributed by atoms with Gasteiger partial charge in [-0.05, 0) is 61.3 Å². The highest BCUT2D eigenvalue weighted by Crippen LogP contribution is 2.31. The summed E-state index contributed by atoms with van der Waals surface area (Å²) in [7, 11) is -1.92. The molecule has 3 rings (SSSR count). The van der Waals surface area contributed by atoms with Crippen molar-refractivity contribution in [2.45, 2.75) is 30.3 Å². The Morgan fingerprint density at radius 3 is 2.65 bits per heavy atom. The van der Waals surface area contributed by atoms with Gasteiger partial charge in [0.25, 0.3) is 0 Å². The van der Waals surface area contributed by atoms with Crippen molar-refractivity contribution in [2.75, 3.05) is 46.6 Å². The summed E-state index contributed by atoms with van der Waals surface area (Å²) in [5.41, 5.74) is 7.31. The molecule has 1 aliphatic rings. The van der Waals surface area contributed by atoms with Crippen LogP contribution in [-0.2, 0) is 38.9 Å². The minimum atomic E-state index is -3.78. The fourth-order valence-electron chi connectivity index (χ4n) is 3.93. The number of halogens is 2. The lowest BCUT2D eigenvalue weighted by Gasteiger charge is -2.24. The second-order valence-corrected chi connectivity index (χ2v) is 10.4. The van der Waals surface area contributed by atoms with Gasteiger partial charge in [0.15, 0.2) is 0 Å². The Hall–Kier alpha value is -1.79. The Morgan fingerprint density at radius 2 is 1.91 bits per heavy atom. The van der Waals surface area contributed by atoms with Crippen molar-refractivity contribution in [3.05, 3.63) is 57.9 Å². The molecule has 2 aromatic carbocycles. The zero-order chi connectivity index (χ0) is 24.7. The summed E-state index contributed by atoms with van der Waals surface area (Å²) in [4.78, 5) is 2.03. The average Bonchev–Trinajstić information content (AvgIpc) is 3.21. The maximum atomic E-state index is 14.2. The number of nitrogens with one attached hydrogen (secondary N) is 1. The van der Waals surface area contributed by atoms with Crippen LogP contribution in [-0.4, -0.2) is 71.0 Å². The Bertz CT molecular complexity index is 1090. The van der Waals surface area contributed by atoms with Crippen LogP contribution in [0, 0.1) is 5.82 Å². The van der Waals surface area contributed by atoms with Gasteiger partial charge in [0.05, 0.1) is 31.3 Å². The van der Waals surface area contributed by atoms with Gasteiger partial charge in [-0.3, -0.25) is 4.90 Å². The van der Waals surface area contributed by atoms with E-state index in [0.29, 0.717) is 61.9 Å². The molecule has 2 aromatic rings. The monoisotopic (exact) mass is 515 g/mol. The van der Waals surface area contributed by atoms with Crippen molar-refractivity contribution in [1.82, 2.24) is 9.62 Å². The number of hydrogen-bond donors (Lipinski definition) is 3. The van der Waals surface area contributed by atoms with Gasteiger partial charge >= 0.3 is 0 Å². The smallest absolute Gasteiger partial charge is 0.240 e. The molecule has 0 radical (unpaired) electrons. The van der Waals surface area contributed by atoms with Crippen LogP contribution in [0.1, 0.15) is 16.7 Å². The molecule has 188 valence electrons. The number of sulfonamides is 1. The maximum Gasteiger partial charge on any atom is 0.240 e. The zero-order valence-electron chi connectivity index (χ0n) is 19.1. The van der Waals surface area contributed by atoms with Crippen molar-refractivity contribution in [3.63, 3.8) is 0 Å². The predicted octanol–water partition coefficient (Wildman–Crippen LogP) is 2.05. The van der Waals surface area contributed by atoms with Crippen molar-refractivity contribution < 1.29 is 27.4 Å². The van der Waals surface area contributed by atoms with E-state index < -0.39 is 10.0 Å². The van der Waals surface area contributed by atoms with Crippen molar-refractivity contribution >= 4 is 21.6 Å². The van der Waals surface area contributed by atoms with Gasteiger partial charge in [-0.2, -0.15) is 0 Å². The largest absolute Gasteiger partial charge is 0.508 e. The molecule has 0 aromatic heterocycles. The fourth-order valence-corrected chi connectivity index (χ4v) is 5.22. The van der Waals surface area contributed by atoms with E-state index in [1.807, 2.05) is 11.9 Å². The van der Waals surface area contributed by atoms with Crippen molar-refractivity contribution in [3.8, 4) is 5.75 Å². The number of nitrogens with two attached hydrogens (primary N) is 1. The third kappa shape index (κ3) is 7.11. The first-order valence-electron chi connectivity index (χ1n) is 11.1. The van der Waals surface area contributed by atoms with Gasteiger partial charge in [-0.25, -0.2) is 17.5 Å². The molecule has 11 heteroatoms. The molecular weight excluding hydrogens is 485 g/mol. The van der Waals surface area contributed by atoms with E-state index >= 15 is 0 Å². The minimum absolute atomic E-state index is 0.00338.